The highest BCUT2D eigenvalue weighted by atomic mass is 32.2. The van der Waals surface area contributed by atoms with Crippen molar-refractivity contribution in [2.24, 2.45) is 0 Å². The summed E-state index contributed by atoms with van der Waals surface area (Å²) in [5.74, 6) is -2.83. The minimum absolute atomic E-state index is 0.190. The van der Waals surface area contributed by atoms with Gasteiger partial charge in [0.1, 0.15) is 12.6 Å². The number of anilines is 1. The lowest BCUT2D eigenvalue weighted by atomic mass is 10.1. The van der Waals surface area contributed by atoms with E-state index in [1.165, 1.54) is 16.4 Å². The number of carboxylic acids is 2. The van der Waals surface area contributed by atoms with Gasteiger partial charge in [-0.2, -0.15) is 8.42 Å². The number of hydrogen-bond acceptors (Lipinski definition) is 6. The third-order valence-electron chi connectivity index (χ3n) is 5.68. The number of oxazole rings is 1. The number of nitrogens with zero attached hydrogens (tertiary/aromatic N) is 2. The second-order valence-electron chi connectivity index (χ2n) is 8.17. The van der Waals surface area contributed by atoms with Gasteiger partial charge in [-0.05, 0) is 48.2 Å². The SMILES string of the molecule is CC(C(=O)O)N(CC(=O)O)c1ccc(/C=C/c2oc3ccc4ccccc4c3[n+]2CS(=O)(=O)O)cc1. The summed E-state index contributed by atoms with van der Waals surface area (Å²) < 4.78 is 40.4. The lowest BCUT2D eigenvalue weighted by molar-refractivity contribution is -0.657. The Kier molecular flexibility index (Phi) is 6.77. The van der Waals surface area contributed by atoms with E-state index in [9.17, 15) is 27.7 Å². The van der Waals surface area contributed by atoms with Gasteiger partial charge in [0.15, 0.2) is 0 Å². The quantitative estimate of drug-likeness (QED) is 0.227. The van der Waals surface area contributed by atoms with Gasteiger partial charge in [-0.15, -0.1) is 4.57 Å². The van der Waals surface area contributed by atoms with Crippen molar-refractivity contribution >= 4 is 61.8 Å². The Bertz CT molecular complexity index is 1590. The molecule has 1 unspecified atom stereocenters. The van der Waals surface area contributed by atoms with Gasteiger partial charge in [-0.1, -0.05) is 36.4 Å². The van der Waals surface area contributed by atoms with Gasteiger partial charge in [0, 0.05) is 5.69 Å². The van der Waals surface area contributed by atoms with Gasteiger partial charge in [-0.3, -0.25) is 9.35 Å². The molecule has 0 spiro atoms. The van der Waals surface area contributed by atoms with E-state index in [0.29, 0.717) is 22.4 Å². The lowest BCUT2D eigenvalue weighted by Gasteiger charge is -2.26. The molecule has 4 rings (SSSR count). The zero-order valence-corrected chi connectivity index (χ0v) is 19.9. The first-order chi connectivity index (χ1) is 17.0. The summed E-state index contributed by atoms with van der Waals surface area (Å²) in [4.78, 5) is 23.8. The molecule has 0 bridgehead atoms. The topological polar surface area (TPSA) is 149 Å². The van der Waals surface area contributed by atoms with Crippen LogP contribution in [0.25, 0.3) is 34.0 Å². The van der Waals surface area contributed by atoms with Crippen molar-refractivity contribution in [3.8, 4) is 0 Å². The zero-order valence-electron chi connectivity index (χ0n) is 19.1. The lowest BCUT2D eigenvalue weighted by Crippen LogP contribution is -2.42. The van der Waals surface area contributed by atoms with Gasteiger partial charge < -0.3 is 19.5 Å². The van der Waals surface area contributed by atoms with E-state index >= 15 is 0 Å². The number of hydrogen-bond donors (Lipinski definition) is 3. The van der Waals surface area contributed by atoms with Crippen LogP contribution in [0.1, 0.15) is 18.4 Å². The largest absolute Gasteiger partial charge is 0.480 e. The molecule has 0 aliphatic rings. The molecule has 10 nitrogen and oxygen atoms in total. The third-order valence-corrected chi connectivity index (χ3v) is 6.26. The summed E-state index contributed by atoms with van der Waals surface area (Å²) >= 11 is 0. The summed E-state index contributed by atoms with van der Waals surface area (Å²) in [5.41, 5.74) is 2.05. The Hall–Kier alpha value is -4.22. The van der Waals surface area contributed by atoms with E-state index in [1.54, 1.807) is 42.5 Å². The van der Waals surface area contributed by atoms with Gasteiger partial charge >= 0.3 is 27.9 Å². The monoisotopic (exact) mass is 511 g/mol. The number of aromatic nitrogens is 1. The maximum Gasteiger partial charge on any atom is 0.375 e. The smallest absolute Gasteiger partial charge is 0.375 e. The molecule has 36 heavy (non-hydrogen) atoms. The predicted molar refractivity (Wildman–Crippen MR) is 133 cm³/mol. The molecule has 0 amide bonds. The zero-order chi connectivity index (χ0) is 26.0. The molecule has 3 aromatic carbocycles. The molecule has 0 radical (unpaired) electrons. The summed E-state index contributed by atoms with van der Waals surface area (Å²) in [6, 6.07) is 16.5. The molecule has 4 aromatic rings. The third kappa shape index (κ3) is 5.37. The Morgan fingerprint density at radius 3 is 2.36 bits per heavy atom. The summed E-state index contributed by atoms with van der Waals surface area (Å²) in [6.07, 6.45) is 3.22. The van der Waals surface area contributed by atoms with Crippen LogP contribution in [0.4, 0.5) is 5.69 Å². The minimum Gasteiger partial charge on any atom is -0.480 e. The average molecular weight is 512 g/mol. The highest BCUT2D eigenvalue weighted by Crippen LogP contribution is 2.26. The maximum absolute atomic E-state index is 11.8. The molecular weight excluding hydrogens is 488 g/mol. The van der Waals surface area contributed by atoms with E-state index in [-0.39, 0.29) is 5.89 Å². The number of benzene rings is 3. The minimum atomic E-state index is -4.39. The highest BCUT2D eigenvalue weighted by Gasteiger charge is 2.27. The summed E-state index contributed by atoms with van der Waals surface area (Å²) in [5, 5.41) is 20.1. The molecule has 0 saturated carbocycles. The molecule has 0 fully saturated rings. The first-order valence-corrected chi connectivity index (χ1v) is 12.4. The van der Waals surface area contributed by atoms with Crippen LogP contribution in [0, 0.1) is 0 Å². The van der Waals surface area contributed by atoms with E-state index in [4.69, 9.17) is 9.52 Å². The Morgan fingerprint density at radius 1 is 1.03 bits per heavy atom. The molecule has 186 valence electrons. The summed E-state index contributed by atoms with van der Waals surface area (Å²) in [7, 11) is -4.39. The van der Waals surface area contributed by atoms with E-state index in [2.05, 4.69) is 0 Å². The van der Waals surface area contributed by atoms with Crippen molar-refractivity contribution in [1.29, 1.82) is 0 Å². The number of carboxylic acid groups (broad SMARTS) is 2. The van der Waals surface area contributed by atoms with Crippen molar-refractivity contribution in [1.82, 2.24) is 0 Å². The molecular formula is C25H23N2O8S+. The van der Waals surface area contributed by atoms with Gasteiger partial charge in [0.25, 0.3) is 11.4 Å². The van der Waals surface area contributed by atoms with Crippen LogP contribution in [0.2, 0.25) is 0 Å². The van der Waals surface area contributed by atoms with Gasteiger partial charge in [0.05, 0.1) is 11.5 Å². The molecule has 1 atom stereocenters. The van der Waals surface area contributed by atoms with Crippen LogP contribution < -0.4 is 9.47 Å². The standard InChI is InChI=1S/C25H22N2O8S/c1-16(25(30)31)26(14-23(28)29)19-10-6-17(7-11-19)8-13-22-27(15-36(32,33)34)24-20-5-3-2-4-18(20)9-12-21(24)35-22/h2-13,16H,14-15H2,1H3,(H2-,28,29,30,31,32,33,34)/p+1. The predicted octanol–water partition coefficient (Wildman–Crippen LogP) is 3.25. The summed E-state index contributed by atoms with van der Waals surface area (Å²) in [6.45, 7) is 0.920. The Labute approximate surface area is 206 Å². The average Bonchev–Trinajstić information content (AvgIpc) is 3.17. The molecule has 0 aliphatic carbocycles. The number of fused-ring (bicyclic) bond motifs is 3. The number of carbonyl (C=O) groups is 2. The number of aliphatic carboxylic acids is 2. The van der Waals surface area contributed by atoms with E-state index in [1.807, 2.05) is 30.3 Å². The van der Waals surface area contributed by atoms with Gasteiger partial charge in [0.2, 0.25) is 5.58 Å². The van der Waals surface area contributed by atoms with Crippen LogP contribution >= 0.6 is 0 Å². The van der Waals surface area contributed by atoms with Crippen LogP contribution in [0.15, 0.2) is 65.1 Å². The van der Waals surface area contributed by atoms with Crippen molar-refractivity contribution in [3.63, 3.8) is 0 Å². The molecule has 0 aliphatic heterocycles. The normalized spacial score (nSPS) is 12.8. The molecule has 0 saturated heterocycles. The Balaban J connectivity index is 1.72. The molecule has 1 heterocycles. The van der Waals surface area contributed by atoms with Crippen LogP contribution in [0.5, 0.6) is 0 Å². The second-order valence-corrected chi connectivity index (χ2v) is 9.60. The second kappa shape index (κ2) is 9.80. The number of rotatable bonds is 9. The van der Waals surface area contributed by atoms with Gasteiger partial charge in [-0.25, -0.2) is 4.79 Å². The highest BCUT2D eigenvalue weighted by molar-refractivity contribution is 7.84. The molecule has 3 N–H and O–H groups in total. The first kappa shape index (κ1) is 24.9. The Morgan fingerprint density at radius 2 is 1.72 bits per heavy atom. The van der Waals surface area contributed by atoms with E-state index in [0.717, 1.165) is 10.8 Å². The van der Waals surface area contributed by atoms with Crippen molar-refractivity contribution in [2.45, 2.75) is 18.8 Å². The first-order valence-electron chi connectivity index (χ1n) is 10.8. The van der Waals surface area contributed by atoms with E-state index < -0.39 is 40.5 Å². The van der Waals surface area contributed by atoms with Crippen LogP contribution in [-0.2, 0) is 25.6 Å². The van der Waals surface area contributed by atoms with Crippen LogP contribution in [-0.4, -0.2) is 47.7 Å². The fourth-order valence-electron chi connectivity index (χ4n) is 3.96. The van der Waals surface area contributed by atoms with Crippen molar-refractivity contribution < 1.29 is 41.8 Å². The van der Waals surface area contributed by atoms with Crippen LogP contribution in [0.3, 0.4) is 0 Å². The molecule has 11 heteroatoms. The fraction of sp³-hybridized carbons (Fsp3) is 0.160. The molecule has 1 aromatic heterocycles. The maximum atomic E-state index is 11.8. The fourth-order valence-corrected chi connectivity index (χ4v) is 4.55. The van der Waals surface area contributed by atoms with Crippen molar-refractivity contribution in [2.75, 3.05) is 11.4 Å². The van der Waals surface area contributed by atoms with Crippen molar-refractivity contribution in [3.05, 3.63) is 72.1 Å².